The van der Waals surface area contributed by atoms with E-state index >= 15 is 0 Å². The van der Waals surface area contributed by atoms with E-state index in [2.05, 4.69) is 31.3 Å². The van der Waals surface area contributed by atoms with E-state index in [4.69, 9.17) is 0 Å². The molecule has 2 atom stereocenters. The molecule has 1 aromatic carbocycles. The quantitative estimate of drug-likeness (QED) is 0.823. The number of hydrogen-bond acceptors (Lipinski definition) is 1. The Bertz CT molecular complexity index is 436. The molecule has 1 saturated carbocycles. The molecule has 2 rings (SSSR count). The molecule has 0 saturated heterocycles. The zero-order valence-electron chi connectivity index (χ0n) is 12.7. The summed E-state index contributed by atoms with van der Waals surface area (Å²) in [4.78, 5) is 0. The number of rotatable bonds is 4. The maximum Gasteiger partial charge on any atom is 0.393 e. The van der Waals surface area contributed by atoms with E-state index in [1.165, 1.54) is 5.56 Å². The molecule has 2 unspecified atom stereocenters. The monoisotopic (exact) mass is 299 g/mol. The van der Waals surface area contributed by atoms with E-state index in [0.717, 1.165) is 12.0 Å². The molecule has 0 heterocycles. The molecule has 1 aliphatic carbocycles. The van der Waals surface area contributed by atoms with Crippen LogP contribution >= 0.6 is 0 Å². The Morgan fingerprint density at radius 3 is 2.29 bits per heavy atom. The first kappa shape index (κ1) is 16.3. The number of halogens is 3. The lowest BCUT2D eigenvalue weighted by Gasteiger charge is -2.33. The van der Waals surface area contributed by atoms with Crippen molar-refractivity contribution in [1.82, 2.24) is 5.32 Å². The molecule has 1 aromatic rings. The standard InChI is InChI=1S/C17H24F3N/c1-12(2)14-9-7-13(8-10-14)11-21-16-6-4-3-5-15(16)17(18,19)20/h7-10,12,15-16,21H,3-6,11H2,1-2H3. The highest BCUT2D eigenvalue weighted by atomic mass is 19.4. The van der Waals surface area contributed by atoms with Crippen molar-refractivity contribution in [1.29, 1.82) is 0 Å². The van der Waals surface area contributed by atoms with Crippen LogP contribution in [0, 0.1) is 5.92 Å². The third-order valence-electron chi connectivity index (χ3n) is 4.40. The Morgan fingerprint density at radius 1 is 1.10 bits per heavy atom. The van der Waals surface area contributed by atoms with E-state index in [1.54, 1.807) is 0 Å². The number of nitrogens with one attached hydrogen (secondary N) is 1. The van der Waals surface area contributed by atoms with Gasteiger partial charge in [0.15, 0.2) is 0 Å². The highest BCUT2D eigenvalue weighted by Crippen LogP contribution is 2.37. The van der Waals surface area contributed by atoms with E-state index in [0.29, 0.717) is 25.3 Å². The fraction of sp³-hybridized carbons (Fsp3) is 0.647. The first-order chi connectivity index (χ1) is 9.88. The molecule has 1 N–H and O–H groups in total. The maximum absolute atomic E-state index is 13.0. The minimum Gasteiger partial charge on any atom is -0.309 e. The summed E-state index contributed by atoms with van der Waals surface area (Å²) in [7, 11) is 0. The van der Waals surface area contributed by atoms with E-state index < -0.39 is 18.1 Å². The molecule has 21 heavy (non-hydrogen) atoms. The molecule has 1 nitrogen and oxygen atoms in total. The van der Waals surface area contributed by atoms with Crippen LogP contribution in [0.25, 0.3) is 0 Å². The Hall–Kier alpha value is -1.03. The van der Waals surface area contributed by atoms with Gasteiger partial charge in [0.2, 0.25) is 0 Å². The van der Waals surface area contributed by atoms with Crippen LogP contribution in [0.1, 0.15) is 56.6 Å². The van der Waals surface area contributed by atoms with Gasteiger partial charge >= 0.3 is 6.18 Å². The lowest BCUT2D eigenvalue weighted by molar-refractivity contribution is -0.189. The first-order valence-corrected chi connectivity index (χ1v) is 7.77. The molecule has 1 fully saturated rings. The Balaban J connectivity index is 1.94. The van der Waals surface area contributed by atoms with Gasteiger partial charge in [-0.1, -0.05) is 51.0 Å². The van der Waals surface area contributed by atoms with Crippen molar-refractivity contribution in [3.63, 3.8) is 0 Å². The lowest BCUT2D eigenvalue weighted by atomic mass is 9.84. The average molecular weight is 299 g/mol. The fourth-order valence-electron chi connectivity index (χ4n) is 3.04. The summed E-state index contributed by atoms with van der Waals surface area (Å²) in [5.41, 5.74) is 2.30. The average Bonchev–Trinajstić information content (AvgIpc) is 2.45. The highest BCUT2D eigenvalue weighted by Gasteiger charge is 2.45. The van der Waals surface area contributed by atoms with Crippen LogP contribution in [-0.4, -0.2) is 12.2 Å². The SMILES string of the molecule is CC(C)c1ccc(CNC2CCCCC2C(F)(F)F)cc1. The van der Waals surface area contributed by atoms with Crippen molar-refractivity contribution in [3.8, 4) is 0 Å². The predicted molar refractivity (Wildman–Crippen MR) is 79.2 cm³/mol. The van der Waals surface area contributed by atoms with Crippen LogP contribution in [-0.2, 0) is 6.54 Å². The second-order valence-electron chi connectivity index (χ2n) is 6.32. The maximum atomic E-state index is 13.0. The summed E-state index contributed by atoms with van der Waals surface area (Å²) < 4.78 is 39.1. The lowest BCUT2D eigenvalue weighted by Crippen LogP contribution is -2.45. The zero-order valence-corrected chi connectivity index (χ0v) is 12.7. The van der Waals surface area contributed by atoms with Crippen molar-refractivity contribution in [2.24, 2.45) is 5.92 Å². The first-order valence-electron chi connectivity index (χ1n) is 7.77. The third kappa shape index (κ3) is 4.47. The minimum absolute atomic E-state index is 0.257. The molecule has 0 aliphatic heterocycles. The van der Waals surface area contributed by atoms with Crippen molar-refractivity contribution in [2.75, 3.05) is 0 Å². The largest absolute Gasteiger partial charge is 0.393 e. The van der Waals surface area contributed by atoms with Gasteiger partial charge in [-0.15, -0.1) is 0 Å². The van der Waals surface area contributed by atoms with Gasteiger partial charge in [-0.3, -0.25) is 0 Å². The zero-order chi connectivity index (χ0) is 15.5. The molecule has 0 radical (unpaired) electrons. The molecule has 0 aromatic heterocycles. The van der Waals surface area contributed by atoms with E-state index in [1.807, 2.05) is 12.1 Å². The Labute approximate surface area is 124 Å². The van der Waals surface area contributed by atoms with Crippen molar-refractivity contribution < 1.29 is 13.2 Å². The van der Waals surface area contributed by atoms with Crippen LogP contribution in [0.2, 0.25) is 0 Å². The van der Waals surface area contributed by atoms with Crippen molar-refractivity contribution >= 4 is 0 Å². The smallest absolute Gasteiger partial charge is 0.309 e. The van der Waals surface area contributed by atoms with Gasteiger partial charge < -0.3 is 5.32 Å². The second kappa shape index (κ2) is 6.82. The summed E-state index contributed by atoms with van der Waals surface area (Å²) in [5.74, 6) is -0.721. The van der Waals surface area contributed by atoms with Gasteiger partial charge in [0.05, 0.1) is 5.92 Å². The molecule has 0 bridgehead atoms. The fourth-order valence-corrected chi connectivity index (χ4v) is 3.04. The van der Waals surface area contributed by atoms with Crippen molar-refractivity contribution in [3.05, 3.63) is 35.4 Å². The highest BCUT2D eigenvalue weighted by molar-refractivity contribution is 5.24. The van der Waals surface area contributed by atoms with E-state index in [-0.39, 0.29) is 6.42 Å². The summed E-state index contributed by atoms with van der Waals surface area (Å²) in [5, 5.41) is 3.12. The van der Waals surface area contributed by atoms with Crippen LogP contribution in [0.15, 0.2) is 24.3 Å². The summed E-state index contributed by atoms with van der Waals surface area (Å²) in [6.07, 6.45) is -1.64. The van der Waals surface area contributed by atoms with Gasteiger partial charge in [0, 0.05) is 12.6 Å². The van der Waals surface area contributed by atoms with Gasteiger partial charge in [-0.2, -0.15) is 13.2 Å². The molecular formula is C17H24F3N. The Morgan fingerprint density at radius 2 is 1.71 bits per heavy atom. The molecule has 118 valence electrons. The second-order valence-corrected chi connectivity index (χ2v) is 6.32. The summed E-state index contributed by atoms with van der Waals surface area (Å²) in [6.45, 7) is 4.77. The topological polar surface area (TPSA) is 12.0 Å². The predicted octanol–water partition coefficient (Wildman–Crippen LogP) is 5.02. The third-order valence-corrected chi connectivity index (χ3v) is 4.40. The van der Waals surface area contributed by atoms with Crippen LogP contribution in [0.3, 0.4) is 0 Å². The summed E-state index contributed by atoms with van der Waals surface area (Å²) in [6, 6.07) is 7.69. The normalized spacial score (nSPS) is 23.5. The van der Waals surface area contributed by atoms with Gasteiger partial charge in [-0.25, -0.2) is 0 Å². The van der Waals surface area contributed by atoms with Gasteiger partial charge in [-0.05, 0) is 29.9 Å². The molecule has 0 spiro atoms. The van der Waals surface area contributed by atoms with Crippen LogP contribution in [0.5, 0.6) is 0 Å². The van der Waals surface area contributed by atoms with Gasteiger partial charge in [0.25, 0.3) is 0 Å². The number of alkyl halides is 3. The number of benzene rings is 1. The molecule has 0 amide bonds. The van der Waals surface area contributed by atoms with Crippen LogP contribution in [0.4, 0.5) is 13.2 Å². The minimum atomic E-state index is -4.08. The molecule has 1 aliphatic rings. The van der Waals surface area contributed by atoms with Crippen LogP contribution < -0.4 is 5.32 Å². The molecular weight excluding hydrogens is 275 g/mol. The summed E-state index contributed by atoms with van der Waals surface area (Å²) >= 11 is 0. The van der Waals surface area contributed by atoms with Crippen molar-refractivity contribution in [2.45, 2.75) is 64.2 Å². The van der Waals surface area contributed by atoms with Gasteiger partial charge in [0.1, 0.15) is 0 Å². The Kier molecular flexibility index (Phi) is 5.31. The van der Waals surface area contributed by atoms with E-state index in [9.17, 15) is 13.2 Å². The molecule has 4 heteroatoms. The number of hydrogen-bond donors (Lipinski definition) is 1.